The molecule has 22 heavy (non-hydrogen) atoms. The third kappa shape index (κ3) is 2.46. The van der Waals surface area contributed by atoms with Gasteiger partial charge in [0, 0.05) is 10.4 Å². The minimum Gasteiger partial charge on any atom is -0.244 e. The van der Waals surface area contributed by atoms with E-state index in [-0.39, 0.29) is 0 Å². The minimum absolute atomic E-state index is 0.726. The Hall–Kier alpha value is -2.01. The van der Waals surface area contributed by atoms with Crippen molar-refractivity contribution >= 4 is 11.3 Å². The second-order valence-electron chi connectivity index (χ2n) is 5.73. The van der Waals surface area contributed by atoms with Gasteiger partial charge in [-0.05, 0) is 32.6 Å². The molecule has 4 nitrogen and oxygen atoms in total. The van der Waals surface area contributed by atoms with E-state index in [4.69, 9.17) is 4.98 Å². The molecule has 5 heteroatoms. The first kappa shape index (κ1) is 13.6. The molecule has 0 saturated heterocycles. The predicted octanol–water partition coefficient (Wildman–Crippen LogP) is 3.64. The highest BCUT2D eigenvalue weighted by Gasteiger charge is 2.17. The van der Waals surface area contributed by atoms with Crippen LogP contribution >= 0.6 is 11.3 Å². The Balaban J connectivity index is 1.61. The summed E-state index contributed by atoms with van der Waals surface area (Å²) in [7, 11) is 0. The molecule has 0 atom stereocenters. The molecule has 0 aliphatic heterocycles. The van der Waals surface area contributed by atoms with Gasteiger partial charge in [-0.15, -0.1) is 16.4 Å². The summed E-state index contributed by atoms with van der Waals surface area (Å²) in [6, 6.07) is 10.2. The Morgan fingerprint density at radius 3 is 2.77 bits per heavy atom. The Morgan fingerprint density at radius 2 is 1.95 bits per heavy atom. The van der Waals surface area contributed by atoms with Gasteiger partial charge < -0.3 is 0 Å². The summed E-state index contributed by atoms with van der Waals surface area (Å²) >= 11 is 1.84. The van der Waals surface area contributed by atoms with E-state index in [1.165, 1.54) is 29.8 Å². The van der Waals surface area contributed by atoms with Gasteiger partial charge in [0.05, 0.1) is 17.9 Å². The number of hydrogen-bond donors (Lipinski definition) is 0. The van der Waals surface area contributed by atoms with Gasteiger partial charge in [-0.2, -0.15) is 0 Å². The molecule has 2 aromatic heterocycles. The molecule has 0 bridgehead atoms. The first-order valence-electron chi connectivity index (χ1n) is 7.74. The van der Waals surface area contributed by atoms with E-state index in [1.807, 2.05) is 34.2 Å². The number of benzene rings is 1. The van der Waals surface area contributed by atoms with Gasteiger partial charge in [0.15, 0.2) is 0 Å². The van der Waals surface area contributed by atoms with Crippen LogP contribution in [0.5, 0.6) is 0 Å². The third-order valence-electron chi connectivity index (χ3n) is 4.20. The highest BCUT2D eigenvalue weighted by Crippen LogP contribution is 2.28. The Bertz CT molecular complexity index is 765. The van der Waals surface area contributed by atoms with Gasteiger partial charge in [-0.25, -0.2) is 9.67 Å². The van der Waals surface area contributed by atoms with Crippen LogP contribution in [0.2, 0.25) is 0 Å². The first-order chi connectivity index (χ1) is 10.8. The van der Waals surface area contributed by atoms with Crippen molar-refractivity contribution in [1.29, 1.82) is 0 Å². The number of hydrogen-bond acceptors (Lipinski definition) is 4. The van der Waals surface area contributed by atoms with E-state index in [0.717, 1.165) is 34.9 Å². The standard InChI is InChI=1S/C17H18N4S/c1-12-17(13-7-3-2-4-8-13)19-20-21(12)11-16-18-14-9-5-6-10-15(14)22-16/h2-4,7-8H,5-6,9-11H2,1H3. The van der Waals surface area contributed by atoms with Crippen LogP contribution in [-0.4, -0.2) is 20.0 Å². The van der Waals surface area contributed by atoms with Crippen molar-refractivity contribution in [2.24, 2.45) is 0 Å². The van der Waals surface area contributed by atoms with Gasteiger partial charge in [0.1, 0.15) is 10.7 Å². The molecule has 1 aliphatic rings. The van der Waals surface area contributed by atoms with E-state index in [0.29, 0.717) is 0 Å². The average Bonchev–Trinajstić information content (AvgIpc) is 3.12. The molecule has 0 spiro atoms. The van der Waals surface area contributed by atoms with Crippen molar-refractivity contribution in [3.05, 3.63) is 51.6 Å². The summed E-state index contributed by atoms with van der Waals surface area (Å²) in [4.78, 5) is 6.27. The molecule has 2 heterocycles. The normalized spacial score (nSPS) is 14.0. The number of rotatable bonds is 3. The van der Waals surface area contributed by atoms with Crippen molar-refractivity contribution in [2.45, 2.75) is 39.2 Å². The highest BCUT2D eigenvalue weighted by molar-refractivity contribution is 7.11. The lowest BCUT2D eigenvalue weighted by atomic mass is 10.0. The van der Waals surface area contributed by atoms with Gasteiger partial charge in [-0.1, -0.05) is 35.5 Å². The number of nitrogens with zero attached hydrogens (tertiary/aromatic N) is 4. The largest absolute Gasteiger partial charge is 0.244 e. The van der Waals surface area contributed by atoms with Gasteiger partial charge >= 0.3 is 0 Å². The van der Waals surface area contributed by atoms with Crippen molar-refractivity contribution in [2.75, 3.05) is 0 Å². The molecule has 0 amide bonds. The first-order valence-corrected chi connectivity index (χ1v) is 8.56. The van der Waals surface area contributed by atoms with Crippen molar-refractivity contribution < 1.29 is 0 Å². The number of fused-ring (bicyclic) bond motifs is 1. The lowest BCUT2D eigenvalue weighted by Gasteiger charge is -2.06. The fraction of sp³-hybridized carbons (Fsp3) is 0.353. The van der Waals surface area contributed by atoms with Crippen molar-refractivity contribution in [3.63, 3.8) is 0 Å². The Kier molecular flexibility index (Phi) is 3.50. The lowest BCUT2D eigenvalue weighted by molar-refractivity contribution is 0.626. The van der Waals surface area contributed by atoms with Crippen LogP contribution in [0, 0.1) is 6.92 Å². The Labute approximate surface area is 133 Å². The monoisotopic (exact) mass is 310 g/mol. The maximum Gasteiger partial charge on any atom is 0.115 e. The van der Waals surface area contributed by atoms with E-state index in [2.05, 4.69) is 29.4 Å². The SMILES string of the molecule is Cc1c(-c2ccccc2)nnn1Cc1nc2c(s1)CCCC2. The molecule has 4 rings (SSSR count). The zero-order chi connectivity index (χ0) is 14.9. The van der Waals surface area contributed by atoms with Gasteiger partial charge in [0.25, 0.3) is 0 Å². The summed E-state index contributed by atoms with van der Waals surface area (Å²) in [5.74, 6) is 0. The fourth-order valence-electron chi connectivity index (χ4n) is 2.97. The molecule has 0 unspecified atom stereocenters. The quantitative estimate of drug-likeness (QED) is 0.742. The van der Waals surface area contributed by atoms with Crippen LogP contribution in [0.3, 0.4) is 0 Å². The molecular weight excluding hydrogens is 292 g/mol. The van der Waals surface area contributed by atoms with E-state index < -0.39 is 0 Å². The second-order valence-corrected chi connectivity index (χ2v) is 6.90. The molecule has 0 saturated carbocycles. The predicted molar refractivity (Wildman–Crippen MR) is 88.1 cm³/mol. The topological polar surface area (TPSA) is 43.6 Å². The van der Waals surface area contributed by atoms with Crippen LogP contribution in [0.4, 0.5) is 0 Å². The van der Waals surface area contributed by atoms with Crippen LogP contribution in [0.25, 0.3) is 11.3 Å². The summed E-state index contributed by atoms with van der Waals surface area (Å²) in [5.41, 5.74) is 4.48. The molecule has 112 valence electrons. The number of thiazole rings is 1. The zero-order valence-electron chi connectivity index (χ0n) is 12.6. The fourth-order valence-corrected chi connectivity index (χ4v) is 4.11. The second kappa shape index (κ2) is 5.65. The maximum atomic E-state index is 4.80. The molecule has 0 radical (unpaired) electrons. The summed E-state index contributed by atoms with van der Waals surface area (Å²) in [6.45, 7) is 2.80. The molecule has 1 aromatic carbocycles. The molecule has 0 fully saturated rings. The van der Waals surface area contributed by atoms with Crippen LogP contribution in [0.15, 0.2) is 30.3 Å². The van der Waals surface area contributed by atoms with Crippen molar-refractivity contribution in [3.8, 4) is 11.3 Å². The van der Waals surface area contributed by atoms with Crippen molar-refractivity contribution in [1.82, 2.24) is 20.0 Å². The summed E-state index contributed by atoms with van der Waals surface area (Å²) in [6.07, 6.45) is 4.90. The third-order valence-corrected chi connectivity index (χ3v) is 5.35. The molecule has 0 N–H and O–H groups in total. The summed E-state index contributed by atoms with van der Waals surface area (Å²) in [5, 5.41) is 9.83. The highest BCUT2D eigenvalue weighted by atomic mass is 32.1. The summed E-state index contributed by atoms with van der Waals surface area (Å²) < 4.78 is 1.96. The van der Waals surface area contributed by atoms with Gasteiger partial charge in [-0.3, -0.25) is 0 Å². The van der Waals surface area contributed by atoms with E-state index in [9.17, 15) is 0 Å². The zero-order valence-corrected chi connectivity index (χ0v) is 13.4. The smallest absolute Gasteiger partial charge is 0.115 e. The van der Waals surface area contributed by atoms with E-state index in [1.54, 1.807) is 0 Å². The van der Waals surface area contributed by atoms with Gasteiger partial charge in [0.2, 0.25) is 0 Å². The van der Waals surface area contributed by atoms with Crippen LogP contribution in [0.1, 0.15) is 34.1 Å². The van der Waals surface area contributed by atoms with Crippen LogP contribution < -0.4 is 0 Å². The molecule has 3 aromatic rings. The number of aromatic nitrogens is 4. The van der Waals surface area contributed by atoms with Crippen LogP contribution in [-0.2, 0) is 19.4 Å². The lowest BCUT2D eigenvalue weighted by Crippen LogP contribution is -2.04. The number of aryl methyl sites for hydroxylation is 2. The molecular formula is C17H18N4S. The minimum atomic E-state index is 0.726. The van der Waals surface area contributed by atoms with E-state index >= 15 is 0 Å². The maximum absolute atomic E-state index is 4.80. The Morgan fingerprint density at radius 1 is 1.14 bits per heavy atom. The average molecular weight is 310 g/mol. The molecule has 1 aliphatic carbocycles.